The van der Waals surface area contributed by atoms with Gasteiger partial charge < -0.3 is 5.32 Å². The number of rotatable bonds is 2. The summed E-state index contributed by atoms with van der Waals surface area (Å²) in [7, 11) is 0. The summed E-state index contributed by atoms with van der Waals surface area (Å²) in [5, 5.41) is 9.93. The van der Waals surface area contributed by atoms with Crippen LogP contribution in [0.3, 0.4) is 0 Å². The zero-order valence-electron chi connectivity index (χ0n) is 9.36. The highest BCUT2D eigenvalue weighted by Gasteiger charge is 2.00. The van der Waals surface area contributed by atoms with Crippen molar-refractivity contribution in [3.8, 4) is 0 Å². The zero-order chi connectivity index (χ0) is 12.5. The van der Waals surface area contributed by atoms with E-state index in [0.29, 0.717) is 10.6 Å². The van der Waals surface area contributed by atoms with E-state index in [-0.39, 0.29) is 5.56 Å². The molecule has 2 heterocycles. The van der Waals surface area contributed by atoms with E-state index in [4.69, 9.17) is 0 Å². The molecule has 1 aromatic carbocycles. The van der Waals surface area contributed by atoms with Crippen molar-refractivity contribution in [2.75, 3.05) is 5.32 Å². The van der Waals surface area contributed by atoms with Crippen LogP contribution >= 0.6 is 11.3 Å². The number of fused-ring (bicyclic) bond motifs is 1. The predicted octanol–water partition coefficient (Wildman–Crippen LogP) is 0.573. The molecular formula is C12H10N4OS. The van der Waals surface area contributed by atoms with E-state index in [9.17, 15) is 4.79 Å². The van der Waals surface area contributed by atoms with Crippen LogP contribution in [0.4, 0.5) is 5.13 Å². The lowest BCUT2D eigenvalue weighted by Gasteiger charge is -1.89. The van der Waals surface area contributed by atoms with Crippen LogP contribution in [0.25, 0.3) is 23.0 Å². The SMILES string of the molecule is C=c1[nH][nH]c(=O)/c1=C\Nc1nc2ccccc2s1. The second-order valence-electron chi connectivity index (χ2n) is 3.75. The Morgan fingerprint density at radius 2 is 2.17 bits per heavy atom. The van der Waals surface area contributed by atoms with E-state index in [1.54, 1.807) is 6.20 Å². The number of aromatic nitrogens is 3. The third-order valence-corrected chi connectivity index (χ3v) is 3.50. The first-order valence-corrected chi connectivity index (χ1v) is 6.13. The third-order valence-electron chi connectivity index (χ3n) is 2.53. The largest absolute Gasteiger partial charge is 0.337 e. The van der Waals surface area contributed by atoms with E-state index >= 15 is 0 Å². The molecule has 0 aliphatic carbocycles. The number of nitrogens with zero attached hydrogens (tertiary/aromatic N) is 1. The average molecular weight is 258 g/mol. The van der Waals surface area contributed by atoms with Crippen LogP contribution < -0.4 is 21.4 Å². The van der Waals surface area contributed by atoms with Gasteiger partial charge in [0.25, 0.3) is 5.56 Å². The van der Waals surface area contributed by atoms with Gasteiger partial charge in [0, 0.05) is 6.20 Å². The molecule has 0 radical (unpaired) electrons. The zero-order valence-corrected chi connectivity index (χ0v) is 10.2. The van der Waals surface area contributed by atoms with E-state index < -0.39 is 0 Å². The third kappa shape index (κ3) is 1.82. The Labute approximate surface area is 105 Å². The molecule has 5 nitrogen and oxygen atoms in total. The molecule has 3 rings (SSSR count). The fourth-order valence-corrected chi connectivity index (χ4v) is 2.46. The molecule has 0 saturated carbocycles. The number of hydrogen-bond donors (Lipinski definition) is 3. The molecule has 0 spiro atoms. The van der Waals surface area contributed by atoms with Crippen LogP contribution in [0.2, 0.25) is 0 Å². The van der Waals surface area contributed by atoms with Crippen molar-refractivity contribution >= 4 is 39.5 Å². The van der Waals surface area contributed by atoms with Crippen molar-refractivity contribution in [3.05, 3.63) is 45.2 Å². The molecule has 0 unspecified atom stereocenters. The van der Waals surface area contributed by atoms with Gasteiger partial charge in [-0.25, -0.2) is 4.98 Å². The topological polar surface area (TPSA) is 73.6 Å². The van der Waals surface area contributed by atoms with Crippen molar-refractivity contribution in [2.45, 2.75) is 0 Å². The quantitative estimate of drug-likeness (QED) is 0.629. The maximum atomic E-state index is 11.4. The molecule has 0 aliphatic heterocycles. The average Bonchev–Trinajstić information content (AvgIpc) is 2.91. The van der Waals surface area contributed by atoms with Gasteiger partial charge in [-0.1, -0.05) is 30.0 Å². The van der Waals surface area contributed by atoms with E-state index in [1.807, 2.05) is 24.3 Å². The van der Waals surface area contributed by atoms with Gasteiger partial charge in [0.2, 0.25) is 0 Å². The Kier molecular flexibility index (Phi) is 2.49. The van der Waals surface area contributed by atoms with Crippen molar-refractivity contribution in [1.82, 2.24) is 15.2 Å². The molecule has 0 bridgehead atoms. The highest BCUT2D eigenvalue weighted by Crippen LogP contribution is 2.25. The molecule has 0 atom stereocenters. The fraction of sp³-hybridized carbons (Fsp3) is 0. The highest BCUT2D eigenvalue weighted by molar-refractivity contribution is 7.22. The van der Waals surface area contributed by atoms with Crippen LogP contribution in [-0.4, -0.2) is 15.2 Å². The maximum Gasteiger partial charge on any atom is 0.273 e. The molecule has 0 amide bonds. The minimum atomic E-state index is -0.200. The Morgan fingerprint density at radius 1 is 1.33 bits per heavy atom. The van der Waals surface area contributed by atoms with Gasteiger partial charge in [-0.2, -0.15) is 0 Å². The summed E-state index contributed by atoms with van der Waals surface area (Å²) >= 11 is 1.53. The number of anilines is 1. The Bertz CT molecular complexity index is 794. The monoisotopic (exact) mass is 258 g/mol. The van der Waals surface area contributed by atoms with Crippen LogP contribution in [0.5, 0.6) is 0 Å². The first kappa shape index (κ1) is 10.8. The van der Waals surface area contributed by atoms with Crippen molar-refractivity contribution in [2.24, 2.45) is 0 Å². The molecule has 3 N–H and O–H groups in total. The number of nitrogens with one attached hydrogen (secondary N) is 3. The standard InChI is InChI=1S/C12H10N4OS/c1-7-8(11(17)16-15-7)6-13-12-14-9-4-2-3-5-10(9)18-12/h2-6,15H,1H2,(H,13,14)(H,16,17)/b8-6-. The predicted molar refractivity (Wildman–Crippen MR) is 73.9 cm³/mol. The summed E-state index contributed by atoms with van der Waals surface area (Å²) in [6.07, 6.45) is 1.61. The Hall–Kier alpha value is -2.34. The number of para-hydroxylation sites is 1. The molecule has 0 saturated heterocycles. The summed E-state index contributed by atoms with van der Waals surface area (Å²) in [4.78, 5) is 15.8. The molecule has 0 aliphatic rings. The number of aromatic amines is 2. The van der Waals surface area contributed by atoms with Gasteiger partial charge in [-0.05, 0) is 12.1 Å². The van der Waals surface area contributed by atoms with Crippen LogP contribution in [-0.2, 0) is 0 Å². The Morgan fingerprint density at radius 3 is 2.89 bits per heavy atom. The fourth-order valence-electron chi connectivity index (χ4n) is 1.62. The molecule has 90 valence electrons. The van der Waals surface area contributed by atoms with Gasteiger partial charge in [-0.3, -0.25) is 15.0 Å². The number of benzene rings is 1. The van der Waals surface area contributed by atoms with E-state index in [1.165, 1.54) is 11.3 Å². The molecule has 0 fully saturated rings. The Balaban J connectivity index is 2.01. The molecular weight excluding hydrogens is 248 g/mol. The summed E-state index contributed by atoms with van der Waals surface area (Å²) in [5.74, 6) is 0. The van der Waals surface area contributed by atoms with Crippen LogP contribution in [0.1, 0.15) is 0 Å². The minimum Gasteiger partial charge on any atom is -0.337 e. The molecule has 3 aromatic rings. The normalized spacial score (nSPS) is 12.1. The first-order valence-electron chi connectivity index (χ1n) is 5.32. The molecule has 6 heteroatoms. The maximum absolute atomic E-state index is 11.4. The minimum absolute atomic E-state index is 0.200. The number of hydrogen-bond acceptors (Lipinski definition) is 4. The van der Waals surface area contributed by atoms with Crippen molar-refractivity contribution < 1.29 is 0 Å². The second kappa shape index (κ2) is 4.15. The first-order chi connectivity index (χ1) is 8.74. The second-order valence-corrected chi connectivity index (χ2v) is 4.78. The highest BCUT2D eigenvalue weighted by atomic mass is 32.1. The molecule has 18 heavy (non-hydrogen) atoms. The van der Waals surface area contributed by atoms with Crippen LogP contribution in [0.15, 0.2) is 29.1 Å². The summed E-state index contributed by atoms with van der Waals surface area (Å²) in [6.45, 7) is 3.72. The van der Waals surface area contributed by atoms with Crippen LogP contribution in [0, 0.1) is 0 Å². The lowest BCUT2D eigenvalue weighted by molar-refractivity contribution is 1.04. The van der Waals surface area contributed by atoms with Gasteiger partial charge in [0.1, 0.15) is 0 Å². The lowest BCUT2D eigenvalue weighted by Crippen LogP contribution is -2.33. The van der Waals surface area contributed by atoms with Gasteiger partial charge >= 0.3 is 0 Å². The van der Waals surface area contributed by atoms with Crippen molar-refractivity contribution in [3.63, 3.8) is 0 Å². The molecule has 2 aromatic heterocycles. The smallest absolute Gasteiger partial charge is 0.273 e. The number of H-pyrrole nitrogens is 2. The summed E-state index contributed by atoms with van der Waals surface area (Å²) in [6, 6.07) is 7.88. The van der Waals surface area contributed by atoms with Gasteiger partial charge in [0.15, 0.2) is 5.13 Å². The van der Waals surface area contributed by atoms with E-state index in [0.717, 1.165) is 15.3 Å². The van der Waals surface area contributed by atoms with E-state index in [2.05, 4.69) is 27.1 Å². The summed E-state index contributed by atoms with van der Waals surface area (Å²) < 4.78 is 1.10. The lowest BCUT2D eigenvalue weighted by atomic mass is 10.3. The van der Waals surface area contributed by atoms with Crippen molar-refractivity contribution in [1.29, 1.82) is 0 Å². The number of thiazole rings is 1. The summed E-state index contributed by atoms with van der Waals surface area (Å²) in [5.41, 5.74) is 0.741. The van der Waals surface area contributed by atoms with Gasteiger partial charge in [0.05, 0.1) is 20.8 Å². The van der Waals surface area contributed by atoms with Gasteiger partial charge in [-0.15, -0.1) is 0 Å².